The van der Waals surface area contributed by atoms with Gasteiger partial charge in [-0.3, -0.25) is 0 Å². The molecule has 4 heterocycles. The Labute approximate surface area is 192 Å². The molecular weight excluding hydrogens is 448 g/mol. The predicted octanol–water partition coefficient (Wildman–Crippen LogP) is 1.00. The first-order valence-electron chi connectivity index (χ1n) is 9.09. The summed E-state index contributed by atoms with van der Waals surface area (Å²) >= 11 is 0. The largest absolute Gasteiger partial charge is 0.545 e. The van der Waals surface area contributed by atoms with Crippen molar-refractivity contribution in [3.8, 4) is 0 Å². The molecule has 4 rings (SSSR count). The minimum atomic E-state index is -1.35. The number of hydrogen-bond donors (Lipinski definition) is 0. The third kappa shape index (κ3) is 8.94. The summed E-state index contributed by atoms with van der Waals surface area (Å²) in [6, 6.07) is 17.4. The summed E-state index contributed by atoms with van der Waals surface area (Å²) in [7, 11) is 1.98. The topological polar surface area (TPSA) is 134 Å². The van der Waals surface area contributed by atoms with Gasteiger partial charge in [0.05, 0.1) is 11.9 Å². The van der Waals surface area contributed by atoms with Gasteiger partial charge in [0.25, 0.3) is 0 Å². The van der Waals surface area contributed by atoms with E-state index >= 15 is 0 Å². The molecule has 0 aromatic carbocycles. The smallest absolute Gasteiger partial charge is 0.166 e. The average molecular weight is 467 g/mol. The lowest BCUT2D eigenvalue weighted by Crippen LogP contribution is -2.23. The van der Waals surface area contributed by atoms with Crippen LogP contribution in [0.3, 0.4) is 0 Å². The van der Waals surface area contributed by atoms with Crippen molar-refractivity contribution in [1.29, 1.82) is 0 Å². The molecule has 0 aliphatic carbocycles. The fourth-order valence-electron chi connectivity index (χ4n) is 1.99. The van der Waals surface area contributed by atoms with Crippen LogP contribution in [-0.4, -0.2) is 21.9 Å². The van der Waals surface area contributed by atoms with Crippen molar-refractivity contribution in [1.82, 2.24) is 9.97 Å². The SMILES string of the molecule is O=C([O-])c1cccnc1SSc1ncccc1C(=O)[O-].c1cc[nH+]cc1.c1cc[nH+]cc1. The van der Waals surface area contributed by atoms with E-state index in [4.69, 9.17) is 0 Å². The quantitative estimate of drug-likeness (QED) is 0.398. The van der Waals surface area contributed by atoms with Crippen molar-refractivity contribution in [3.63, 3.8) is 0 Å². The highest BCUT2D eigenvalue weighted by Gasteiger charge is 2.10. The Bertz CT molecular complexity index is 961. The molecule has 0 fully saturated rings. The van der Waals surface area contributed by atoms with Gasteiger partial charge in [0.15, 0.2) is 24.8 Å². The number of aromatic nitrogens is 4. The number of aromatic amines is 2. The Hall–Kier alpha value is -3.76. The van der Waals surface area contributed by atoms with E-state index in [0.717, 1.165) is 21.6 Å². The number of rotatable bonds is 5. The second-order valence-corrected chi connectivity index (χ2v) is 7.72. The van der Waals surface area contributed by atoms with Crippen molar-refractivity contribution >= 4 is 33.5 Å². The van der Waals surface area contributed by atoms with Gasteiger partial charge in [-0.1, -0.05) is 12.1 Å². The zero-order valence-corrected chi connectivity index (χ0v) is 18.2. The highest BCUT2D eigenvalue weighted by Crippen LogP contribution is 2.37. The fourth-order valence-corrected chi connectivity index (χ4v) is 4.11. The van der Waals surface area contributed by atoms with Crippen molar-refractivity contribution in [2.75, 3.05) is 0 Å². The maximum absolute atomic E-state index is 10.9. The molecule has 162 valence electrons. The average Bonchev–Trinajstić information content (AvgIpc) is 2.86. The van der Waals surface area contributed by atoms with Crippen molar-refractivity contribution < 1.29 is 29.8 Å². The number of carboxylic acid groups (broad SMARTS) is 2. The first kappa shape index (κ1) is 24.5. The van der Waals surface area contributed by atoms with Crippen molar-refractivity contribution in [2.45, 2.75) is 10.1 Å². The monoisotopic (exact) mass is 466 g/mol. The maximum Gasteiger partial charge on any atom is 0.166 e. The summed E-state index contributed by atoms with van der Waals surface area (Å²) in [5.74, 6) is -2.69. The lowest BCUT2D eigenvalue weighted by molar-refractivity contribution is -0.378. The number of carbonyl (C=O) groups is 2. The molecule has 8 nitrogen and oxygen atoms in total. The van der Waals surface area contributed by atoms with E-state index in [1.165, 1.54) is 36.7 Å². The van der Waals surface area contributed by atoms with E-state index in [1.807, 2.05) is 61.2 Å². The third-order valence-corrected chi connectivity index (χ3v) is 5.64. The van der Waals surface area contributed by atoms with Gasteiger partial charge in [-0.05, 0) is 45.9 Å². The van der Waals surface area contributed by atoms with Crippen LogP contribution in [0.15, 0.2) is 108 Å². The molecule has 32 heavy (non-hydrogen) atoms. The van der Waals surface area contributed by atoms with E-state index in [9.17, 15) is 19.8 Å². The van der Waals surface area contributed by atoms with E-state index in [1.54, 1.807) is 0 Å². The van der Waals surface area contributed by atoms with Crippen molar-refractivity contribution in [3.05, 3.63) is 109 Å². The van der Waals surface area contributed by atoms with Crippen LogP contribution in [0.25, 0.3) is 0 Å². The second-order valence-electron chi connectivity index (χ2n) is 5.61. The van der Waals surface area contributed by atoms with Crippen LogP contribution in [0, 0.1) is 0 Å². The molecule has 0 saturated heterocycles. The Kier molecular flexibility index (Phi) is 10.9. The molecule has 4 aromatic rings. The van der Waals surface area contributed by atoms with E-state index < -0.39 is 11.9 Å². The molecule has 0 aliphatic heterocycles. The molecule has 0 bridgehead atoms. The predicted molar refractivity (Wildman–Crippen MR) is 115 cm³/mol. The Balaban J connectivity index is 0.000000243. The van der Waals surface area contributed by atoms with Gasteiger partial charge in [0.2, 0.25) is 0 Å². The number of nitrogens with zero attached hydrogens (tertiary/aromatic N) is 2. The summed E-state index contributed by atoms with van der Waals surface area (Å²) in [5.41, 5.74) is -0.119. The van der Waals surface area contributed by atoms with Gasteiger partial charge >= 0.3 is 0 Å². The Morgan fingerprint density at radius 1 is 0.625 bits per heavy atom. The van der Waals surface area contributed by atoms with Crippen LogP contribution < -0.4 is 20.2 Å². The summed E-state index contributed by atoms with van der Waals surface area (Å²) < 4.78 is 0. The molecule has 0 spiro atoms. The van der Waals surface area contributed by atoms with Gasteiger partial charge in [-0.15, -0.1) is 0 Å². The Morgan fingerprint density at radius 2 is 1.00 bits per heavy atom. The standard InChI is InChI=1S/C12H8N2O4S2.2C5H5N/c15-11(16)7-3-1-5-13-9(7)19-20-10-8(12(17)18)4-2-6-14-10;2*1-2-4-6-5-3-1/h1-6H,(H,15,16)(H,17,18);2*1-5H. The van der Waals surface area contributed by atoms with Crippen molar-refractivity contribution in [2.24, 2.45) is 0 Å². The molecule has 0 aliphatic rings. The van der Waals surface area contributed by atoms with E-state index in [2.05, 4.69) is 19.9 Å². The highest BCUT2D eigenvalue weighted by molar-refractivity contribution is 8.76. The fraction of sp³-hybridized carbons (Fsp3) is 0. The van der Waals surface area contributed by atoms with Crippen LogP contribution in [-0.2, 0) is 0 Å². The number of pyridine rings is 4. The van der Waals surface area contributed by atoms with E-state index in [-0.39, 0.29) is 21.2 Å². The van der Waals surface area contributed by atoms with Gasteiger partial charge in [0, 0.05) is 47.8 Å². The zero-order valence-electron chi connectivity index (χ0n) is 16.6. The summed E-state index contributed by atoms with van der Waals surface area (Å²) in [5, 5.41) is 22.3. The highest BCUT2D eigenvalue weighted by atomic mass is 33.1. The summed E-state index contributed by atoms with van der Waals surface area (Å²) in [4.78, 5) is 35.5. The van der Waals surface area contributed by atoms with Gasteiger partial charge < -0.3 is 19.8 Å². The third-order valence-electron chi connectivity index (χ3n) is 3.40. The van der Waals surface area contributed by atoms with Crippen LogP contribution in [0.1, 0.15) is 20.7 Å². The summed E-state index contributed by atoms with van der Waals surface area (Å²) in [6.07, 6.45) is 10.4. The van der Waals surface area contributed by atoms with Crippen LogP contribution >= 0.6 is 21.6 Å². The summed E-state index contributed by atoms with van der Waals surface area (Å²) in [6.45, 7) is 0. The number of carboxylic acids is 2. The van der Waals surface area contributed by atoms with E-state index in [0.29, 0.717) is 0 Å². The molecule has 2 N–H and O–H groups in total. The van der Waals surface area contributed by atoms with Gasteiger partial charge in [-0.2, -0.15) is 0 Å². The molecule has 0 unspecified atom stereocenters. The number of carbonyl (C=O) groups excluding carboxylic acids is 2. The number of nitrogens with one attached hydrogen (secondary N) is 2. The normalized spacial score (nSPS) is 9.38. The molecule has 0 radical (unpaired) electrons. The van der Waals surface area contributed by atoms with Crippen LogP contribution in [0.2, 0.25) is 0 Å². The van der Waals surface area contributed by atoms with Crippen LogP contribution in [0.4, 0.5) is 0 Å². The van der Waals surface area contributed by atoms with Gasteiger partial charge in [-0.25, -0.2) is 19.9 Å². The molecule has 4 aromatic heterocycles. The Morgan fingerprint density at radius 3 is 1.25 bits per heavy atom. The molecule has 0 atom stereocenters. The van der Waals surface area contributed by atoms with Gasteiger partial charge in [0.1, 0.15) is 10.1 Å². The molecule has 10 heteroatoms. The lowest BCUT2D eigenvalue weighted by atomic mass is 10.3. The second kappa shape index (κ2) is 14.3. The number of H-pyrrole nitrogens is 2. The minimum absolute atomic E-state index is 0.0593. The van der Waals surface area contributed by atoms with Crippen LogP contribution in [0.5, 0.6) is 0 Å². The minimum Gasteiger partial charge on any atom is -0.545 e. The number of hydrogen-bond acceptors (Lipinski definition) is 8. The zero-order chi connectivity index (χ0) is 23.0. The lowest BCUT2D eigenvalue weighted by Gasteiger charge is -2.10. The number of aromatic carboxylic acids is 2. The first-order valence-corrected chi connectivity index (χ1v) is 11.2. The first-order chi connectivity index (χ1) is 15.6. The maximum atomic E-state index is 10.9. The molecular formula is C22H18N4O4S2. The molecule has 0 amide bonds. The molecule has 0 saturated carbocycles.